The van der Waals surface area contributed by atoms with Crippen LogP contribution in [0.25, 0.3) is 0 Å². The third-order valence-corrected chi connectivity index (χ3v) is 4.52. The lowest BCUT2D eigenvalue weighted by molar-refractivity contribution is -0.142. The summed E-state index contributed by atoms with van der Waals surface area (Å²) in [6.07, 6.45) is -3.86. The number of carbonyl (C=O) groups excluding carboxylic acids is 1. The molecule has 0 aliphatic heterocycles. The van der Waals surface area contributed by atoms with Gasteiger partial charge >= 0.3 is 6.18 Å². The number of rotatable bonds is 6. The van der Waals surface area contributed by atoms with E-state index in [-0.39, 0.29) is 12.3 Å². The molecule has 1 aromatic heterocycles. The Morgan fingerprint density at radius 3 is 2.58 bits per heavy atom. The summed E-state index contributed by atoms with van der Waals surface area (Å²) in [6.45, 7) is 2.31. The smallest absolute Gasteiger partial charge is 0.355 e. The van der Waals surface area contributed by atoms with Gasteiger partial charge in [0, 0.05) is 27.8 Å². The van der Waals surface area contributed by atoms with Crippen molar-refractivity contribution in [1.82, 2.24) is 15.1 Å². The highest BCUT2D eigenvalue weighted by molar-refractivity contribution is 6.35. The van der Waals surface area contributed by atoms with Crippen molar-refractivity contribution >= 4 is 29.1 Å². The van der Waals surface area contributed by atoms with E-state index in [4.69, 9.17) is 23.2 Å². The second kappa shape index (κ2) is 8.31. The highest BCUT2D eigenvalue weighted by Gasteiger charge is 2.30. The lowest BCUT2D eigenvalue weighted by Gasteiger charge is -2.09. The summed E-state index contributed by atoms with van der Waals surface area (Å²) in [4.78, 5) is 12.1. The topological polar surface area (TPSA) is 46.9 Å². The largest absolute Gasteiger partial charge is 0.408 e. The minimum Gasteiger partial charge on any atom is -0.355 e. The Hall–Kier alpha value is -1.73. The van der Waals surface area contributed by atoms with E-state index in [2.05, 4.69) is 10.4 Å². The SMILES string of the molecule is Cc1nn(CC(F)(F)F)c(C)c1CC(=O)NCCc1ccc(Cl)cc1Cl. The molecule has 1 heterocycles. The van der Waals surface area contributed by atoms with Gasteiger partial charge in [-0.2, -0.15) is 18.3 Å². The molecule has 2 aromatic rings. The summed E-state index contributed by atoms with van der Waals surface area (Å²) in [7, 11) is 0. The van der Waals surface area contributed by atoms with E-state index in [9.17, 15) is 18.0 Å². The van der Waals surface area contributed by atoms with Crippen molar-refractivity contribution in [3.8, 4) is 0 Å². The highest BCUT2D eigenvalue weighted by Crippen LogP contribution is 2.22. The van der Waals surface area contributed by atoms with Crippen LogP contribution in [0.15, 0.2) is 18.2 Å². The number of hydrogen-bond donors (Lipinski definition) is 1. The lowest BCUT2D eigenvalue weighted by Crippen LogP contribution is -2.27. The Morgan fingerprint density at radius 2 is 1.96 bits per heavy atom. The minimum atomic E-state index is -4.36. The van der Waals surface area contributed by atoms with Gasteiger partial charge in [0.15, 0.2) is 0 Å². The standard InChI is InChI=1S/C17H18Cl2F3N3O/c1-10-14(11(2)25(24-10)9-17(20,21)22)8-16(26)23-6-5-12-3-4-13(18)7-15(12)19/h3-4,7H,5-6,8-9H2,1-2H3,(H,23,26). The molecule has 0 fully saturated rings. The Kier molecular flexibility index (Phi) is 6.58. The summed E-state index contributed by atoms with van der Waals surface area (Å²) in [5.41, 5.74) is 2.12. The van der Waals surface area contributed by atoms with Crippen molar-refractivity contribution in [2.24, 2.45) is 0 Å². The second-order valence-electron chi connectivity index (χ2n) is 5.93. The van der Waals surface area contributed by atoms with E-state index in [1.807, 2.05) is 0 Å². The fraction of sp³-hybridized carbons (Fsp3) is 0.412. The van der Waals surface area contributed by atoms with Gasteiger partial charge in [0.2, 0.25) is 5.91 Å². The molecule has 0 saturated heterocycles. The Morgan fingerprint density at radius 1 is 1.27 bits per heavy atom. The number of aromatic nitrogens is 2. The molecular formula is C17H18Cl2F3N3O. The van der Waals surface area contributed by atoms with Crippen LogP contribution in [0.3, 0.4) is 0 Å². The van der Waals surface area contributed by atoms with Gasteiger partial charge in [-0.15, -0.1) is 0 Å². The minimum absolute atomic E-state index is 0.0239. The van der Waals surface area contributed by atoms with E-state index in [1.54, 1.807) is 25.1 Å². The number of aryl methyl sites for hydroxylation is 1. The quantitative estimate of drug-likeness (QED) is 0.776. The molecule has 0 radical (unpaired) electrons. The Labute approximate surface area is 159 Å². The van der Waals surface area contributed by atoms with Crippen LogP contribution < -0.4 is 5.32 Å². The van der Waals surface area contributed by atoms with Crippen LogP contribution in [-0.4, -0.2) is 28.4 Å². The summed E-state index contributed by atoms with van der Waals surface area (Å²) >= 11 is 11.9. The summed E-state index contributed by atoms with van der Waals surface area (Å²) < 4.78 is 38.5. The molecule has 9 heteroatoms. The molecule has 0 saturated carbocycles. The van der Waals surface area contributed by atoms with Crippen LogP contribution in [0.2, 0.25) is 10.0 Å². The molecule has 0 bridgehead atoms. The van der Waals surface area contributed by atoms with Crippen molar-refractivity contribution in [1.29, 1.82) is 0 Å². The van der Waals surface area contributed by atoms with Gasteiger partial charge in [-0.25, -0.2) is 0 Å². The first-order valence-electron chi connectivity index (χ1n) is 7.87. The van der Waals surface area contributed by atoms with E-state index in [1.165, 1.54) is 6.92 Å². The van der Waals surface area contributed by atoms with E-state index in [0.717, 1.165) is 10.2 Å². The molecule has 4 nitrogen and oxygen atoms in total. The fourth-order valence-electron chi connectivity index (χ4n) is 2.60. The Balaban J connectivity index is 1.93. The summed E-state index contributed by atoms with van der Waals surface area (Å²) in [5.74, 6) is -0.284. The first-order valence-corrected chi connectivity index (χ1v) is 8.62. The molecule has 0 aliphatic carbocycles. The molecule has 0 aliphatic rings. The zero-order valence-electron chi connectivity index (χ0n) is 14.3. The monoisotopic (exact) mass is 407 g/mol. The van der Waals surface area contributed by atoms with Gasteiger partial charge < -0.3 is 5.32 Å². The average molecular weight is 408 g/mol. The maximum absolute atomic E-state index is 12.6. The number of nitrogens with one attached hydrogen (secondary N) is 1. The van der Waals surface area contributed by atoms with E-state index >= 15 is 0 Å². The average Bonchev–Trinajstić information content (AvgIpc) is 2.75. The molecule has 1 aromatic carbocycles. The van der Waals surface area contributed by atoms with Gasteiger partial charge in [-0.1, -0.05) is 29.3 Å². The number of halogens is 5. The van der Waals surface area contributed by atoms with E-state index < -0.39 is 12.7 Å². The van der Waals surface area contributed by atoms with Crippen LogP contribution in [-0.2, 0) is 24.2 Å². The zero-order chi connectivity index (χ0) is 19.5. The third kappa shape index (κ3) is 5.64. The predicted molar refractivity (Wildman–Crippen MR) is 94.6 cm³/mol. The van der Waals surface area contributed by atoms with Crippen LogP contribution in [0.4, 0.5) is 13.2 Å². The van der Waals surface area contributed by atoms with Crippen molar-refractivity contribution < 1.29 is 18.0 Å². The molecule has 1 amide bonds. The number of benzene rings is 1. The van der Waals surface area contributed by atoms with Gasteiger partial charge in [0.25, 0.3) is 0 Å². The lowest BCUT2D eigenvalue weighted by atomic mass is 10.1. The van der Waals surface area contributed by atoms with E-state index in [0.29, 0.717) is 40.0 Å². The van der Waals surface area contributed by atoms with Crippen LogP contribution in [0.5, 0.6) is 0 Å². The van der Waals surface area contributed by atoms with Crippen molar-refractivity contribution in [2.45, 2.75) is 39.4 Å². The van der Waals surface area contributed by atoms with Gasteiger partial charge in [0.05, 0.1) is 12.1 Å². The van der Waals surface area contributed by atoms with Crippen LogP contribution in [0.1, 0.15) is 22.5 Å². The maximum Gasteiger partial charge on any atom is 0.408 e. The first-order chi connectivity index (χ1) is 12.1. The number of nitrogens with zero attached hydrogens (tertiary/aromatic N) is 2. The molecule has 1 N–H and O–H groups in total. The molecule has 2 rings (SSSR count). The van der Waals surface area contributed by atoms with Crippen molar-refractivity contribution in [2.75, 3.05) is 6.54 Å². The zero-order valence-corrected chi connectivity index (χ0v) is 15.8. The molecule has 142 valence electrons. The number of carbonyl (C=O) groups is 1. The number of hydrogen-bond acceptors (Lipinski definition) is 2. The molecule has 0 atom stereocenters. The number of amides is 1. The fourth-order valence-corrected chi connectivity index (χ4v) is 3.10. The summed E-state index contributed by atoms with van der Waals surface area (Å²) in [5, 5.41) is 7.68. The summed E-state index contributed by atoms with van der Waals surface area (Å²) in [6, 6.07) is 5.13. The van der Waals surface area contributed by atoms with Crippen molar-refractivity contribution in [3.05, 3.63) is 50.8 Å². The molecular weight excluding hydrogens is 390 g/mol. The van der Waals surface area contributed by atoms with Crippen molar-refractivity contribution in [3.63, 3.8) is 0 Å². The molecule has 0 spiro atoms. The highest BCUT2D eigenvalue weighted by atomic mass is 35.5. The van der Waals surface area contributed by atoms with Gasteiger partial charge in [-0.3, -0.25) is 9.48 Å². The van der Waals surface area contributed by atoms with Gasteiger partial charge in [0.1, 0.15) is 6.54 Å². The maximum atomic E-state index is 12.6. The Bertz CT molecular complexity index is 803. The third-order valence-electron chi connectivity index (χ3n) is 3.93. The predicted octanol–water partition coefficient (Wildman–Crippen LogP) is 4.27. The van der Waals surface area contributed by atoms with Crippen LogP contribution >= 0.6 is 23.2 Å². The first kappa shape index (κ1) is 20.6. The normalized spacial score (nSPS) is 11.7. The molecule has 26 heavy (non-hydrogen) atoms. The second-order valence-corrected chi connectivity index (χ2v) is 6.78. The molecule has 0 unspecified atom stereocenters. The van der Waals surface area contributed by atoms with Gasteiger partial charge in [-0.05, 0) is 38.0 Å². The number of alkyl halides is 3. The van der Waals surface area contributed by atoms with Crippen LogP contribution in [0, 0.1) is 13.8 Å².